The molecule has 2 saturated heterocycles. The molecule has 0 saturated carbocycles. The smallest absolute Gasteiger partial charge is 0.321 e. The van der Waals surface area contributed by atoms with Gasteiger partial charge in [-0.1, -0.05) is 29.8 Å². The van der Waals surface area contributed by atoms with Crippen LogP contribution in [-0.2, 0) is 14.6 Å². The molecule has 0 radical (unpaired) electrons. The molecule has 28 heavy (non-hydrogen) atoms. The molecule has 0 aromatic heterocycles. The van der Waals surface area contributed by atoms with Crippen molar-refractivity contribution in [3.05, 3.63) is 42.0 Å². The fourth-order valence-corrected chi connectivity index (χ4v) is 6.76. The minimum Gasteiger partial charge on any atom is -0.352 e. The summed E-state index contributed by atoms with van der Waals surface area (Å²) in [5, 5.41) is 5.12. The van der Waals surface area contributed by atoms with Crippen LogP contribution in [0.25, 0.3) is 0 Å². The lowest BCUT2D eigenvalue weighted by atomic mass is 10.00. The molecule has 4 rings (SSSR count). The zero-order valence-electron chi connectivity index (χ0n) is 15.6. The van der Waals surface area contributed by atoms with Gasteiger partial charge in [-0.25, -0.2) is 13.2 Å². The van der Waals surface area contributed by atoms with E-state index in [-0.39, 0.29) is 30.2 Å². The second-order valence-corrected chi connectivity index (χ2v) is 10.1. The third-order valence-electron chi connectivity index (χ3n) is 5.88. The predicted molar refractivity (Wildman–Crippen MR) is 107 cm³/mol. The van der Waals surface area contributed by atoms with E-state index in [0.29, 0.717) is 18.7 Å². The number of hydrogen-bond acceptors (Lipinski definition) is 4. The lowest BCUT2D eigenvalue weighted by molar-refractivity contribution is -0.121. The van der Waals surface area contributed by atoms with Crippen molar-refractivity contribution in [1.82, 2.24) is 10.2 Å². The van der Waals surface area contributed by atoms with E-state index in [1.165, 1.54) is 4.90 Å². The molecular formula is C20H25N3O4S. The molecule has 3 amide bonds. The molecule has 1 aromatic rings. The molecule has 1 aliphatic carbocycles. The van der Waals surface area contributed by atoms with Crippen LogP contribution in [0, 0.1) is 5.92 Å². The number of carbonyl (C=O) groups is 2. The van der Waals surface area contributed by atoms with Gasteiger partial charge < -0.3 is 15.5 Å². The van der Waals surface area contributed by atoms with Gasteiger partial charge in [0.1, 0.15) is 0 Å². The van der Waals surface area contributed by atoms with Gasteiger partial charge in [-0.2, -0.15) is 0 Å². The summed E-state index contributed by atoms with van der Waals surface area (Å²) in [5.41, 5.74) is 1.80. The maximum absolute atomic E-state index is 12.6. The van der Waals surface area contributed by atoms with Crippen LogP contribution in [0.15, 0.2) is 42.0 Å². The zero-order valence-corrected chi connectivity index (χ0v) is 16.5. The number of benzene rings is 1. The van der Waals surface area contributed by atoms with Crippen molar-refractivity contribution in [3.63, 3.8) is 0 Å². The highest BCUT2D eigenvalue weighted by atomic mass is 32.2. The summed E-state index contributed by atoms with van der Waals surface area (Å²) < 4.78 is 25.2. The number of para-hydroxylation sites is 1. The van der Waals surface area contributed by atoms with Crippen LogP contribution in [-0.4, -0.2) is 55.4 Å². The first kappa shape index (κ1) is 19.0. The SMILES string of the molecule is O=C(CC1=CCCC1)N[C@@H]1CS(=O)(=O)[C@H]2CN(C(=O)Nc3ccccc3)C[C@@H]12. The molecule has 2 fully saturated rings. The number of nitrogens with one attached hydrogen (secondary N) is 2. The van der Waals surface area contributed by atoms with E-state index < -0.39 is 21.1 Å². The summed E-state index contributed by atoms with van der Waals surface area (Å²) in [7, 11) is -3.34. The van der Waals surface area contributed by atoms with E-state index in [4.69, 9.17) is 0 Å². The number of sulfone groups is 1. The Morgan fingerprint density at radius 1 is 1.14 bits per heavy atom. The van der Waals surface area contributed by atoms with E-state index >= 15 is 0 Å². The van der Waals surface area contributed by atoms with Crippen LogP contribution in [0.3, 0.4) is 0 Å². The fourth-order valence-electron chi connectivity index (χ4n) is 4.46. The number of likely N-dealkylation sites (tertiary alicyclic amines) is 1. The molecule has 150 valence electrons. The number of hydrogen-bond donors (Lipinski definition) is 2. The van der Waals surface area contributed by atoms with Crippen LogP contribution in [0.1, 0.15) is 25.7 Å². The first-order valence-electron chi connectivity index (χ1n) is 9.72. The molecule has 3 aliphatic rings. The summed E-state index contributed by atoms with van der Waals surface area (Å²) in [5.74, 6) is -0.421. The number of urea groups is 1. The van der Waals surface area contributed by atoms with Crippen LogP contribution >= 0.6 is 0 Å². The maximum atomic E-state index is 12.6. The molecule has 3 atom stereocenters. The Labute approximate surface area is 165 Å². The molecule has 7 nitrogen and oxygen atoms in total. The standard InChI is InChI=1S/C20H25N3O4S/c24-19(10-14-6-4-5-7-14)22-17-13-28(26,27)18-12-23(11-16(17)18)20(25)21-15-8-2-1-3-9-15/h1-3,6,8-9,16-18H,4-5,7,10-13H2,(H,21,25)(H,22,24)/t16-,17+,18-/m0/s1. The highest BCUT2D eigenvalue weighted by Gasteiger charge is 2.53. The average molecular weight is 404 g/mol. The van der Waals surface area contributed by atoms with E-state index in [9.17, 15) is 18.0 Å². The zero-order chi connectivity index (χ0) is 19.7. The molecule has 2 heterocycles. The number of anilines is 1. The minimum absolute atomic E-state index is 0.0404. The van der Waals surface area contributed by atoms with Crippen LogP contribution in [0.4, 0.5) is 10.5 Å². The molecule has 1 aromatic carbocycles. The van der Waals surface area contributed by atoms with Crippen molar-refractivity contribution in [3.8, 4) is 0 Å². The number of rotatable bonds is 4. The van der Waals surface area contributed by atoms with E-state index in [2.05, 4.69) is 16.7 Å². The maximum Gasteiger partial charge on any atom is 0.321 e. The Kier molecular flexibility index (Phi) is 5.14. The molecule has 0 spiro atoms. The quantitative estimate of drug-likeness (QED) is 0.751. The number of amides is 3. The molecule has 0 bridgehead atoms. The van der Waals surface area contributed by atoms with Crippen molar-refractivity contribution in [1.29, 1.82) is 0 Å². The fraction of sp³-hybridized carbons (Fsp3) is 0.500. The number of nitrogens with zero attached hydrogens (tertiary/aromatic N) is 1. The molecular weight excluding hydrogens is 378 g/mol. The second-order valence-electron chi connectivity index (χ2n) is 7.84. The molecule has 8 heteroatoms. The first-order chi connectivity index (χ1) is 13.4. The lowest BCUT2D eigenvalue weighted by Crippen LogP contribution is -2.43. The summed E-state index contributed by atoms with van der Waals surface area (Å²) in [6.07, 6.45) is 5.47. The van der Waals surface area contributed by atoms with Gasteiger partial charge in [0.05, 0.1) is 11.0 Å². The van der Waals surface area contributed by atoms with Gasteiger partial charge in [-0.3, -0.25) is 4.79 Å². The topological polar surface area (TPSA) is 95.6 Å². The Balaban J connectivity index is 1.40. The Morgan fingerprint density at radius 2 is 1.93 bits per heavy atom. The van der Waals surface area contributed by atoms with Gasteiger partial charge in [0, 0.05) is 37.2 Å². The summed E-state index contributed by atoms with van der Waals surface area (Å²) >= 11 is 0. The van der Waals surface area contributed by atoms with E-state index in [0.717, 1.165) is 24.8 Å². The number of allylic oxidation sites excluding steroid dienone is 1. The average Bonchev–Trinajstić information content (AvgIpc) is 3.35. The third-order valence-corrected chi connectivity index (χ3v) is 8.13. The van der Waals surface area contributed by atoms with Gasteiger partial charge in [-0.15, -0.1) is 0 Å². The highest BCUT2D eigenvalue weighted by Crippen LogP contribution is 2.34. The molecule has 0 unspecified atom stereocenters. The van der Waals surface area contributed by atoms with Crippen molar-refractivity contribution >= 4 is 27.5 Å². The van der Waals surface area contributed by atoms with E-state index in [1.54, 1.807) is 12.1 Å². The van der Waals surface area contributed by atoms with Crippen LogP contribution < -0.4 is 10.6 Å². The van der Waals surface area contributed by atoms with Crippen molar-refractivity contribution in [2.45, 2.75) is 37.0 Å². The van der Waals surface area contributed by atoms with Crippen LogP contribution in [0.2, 0.25) is 0 Å². The summed E-state index contributed by atoms with van der Waals surface area (Å²) in [6, 6.07) is 8.33. The number of fused-ring (bicyclic) bond motifs is 1. The van der Waals surface area contributed by atoms with Crippen LogP contribution in [0.5, 0.6) is 0 Å². The van der Waals surface area contributed by atoms with Crippen molar-refractivity contribution in [2.75, 3.05) is 24.2 Å². The first-order valence-corrected chi connectivity index (χ1v) is 11.4. The second kappa shape index (κ2) is 7.58. The van der Waals surface area contributed by atoms with Gasteiger partial charge in [0.25, 0.3) is 0 Å². The van der Waals surface area contributed by atoms with E-state index in [1.807, 2.05) is 18.2 Å². The normalized spacial score (nSPS) is 27.9. The van der Waals surface area contributed by atoms with Gasteiger partial charge in [-0.05, 0) is 31.4 Å². The summed E-state index contributed by atoms with van der Waals surface area (Å²) in [4.78, 5) is 26.5. The molecule has 2 aliphatic heterocycles. The monoisotopic (exact) mass is 403 g/mol. The Bertz CT molecular complexity index is 897. The Morgan fingerprint density at radius 3 is 2.64 bits per heavy atom. The van der Waals surface area contributed by atoms with Gasteiger partial charge >= 0.3 is 6.03 Å². The largest absolute Gasteiger partial charge is 0.352 e. The molecule has 2 N–H and O–H groups in total. The van der Waals surface area contributed by atoms with Gasteiger partial charge in [0.2, 0.25) is 5.91 Å². The number of carbonyl (C=O) groups excluding carboxylic acids is 2. The van der Waals surface area contributed by atoms with Crippen molar-refractivity contribution < 1.29 is 18.0 Å². The summed E-state index contributed by atoms with van der Waals surface area (Å²) in [6.45, 7) is 0.499. The van der Waals surface area contributed by atoms with Gasteiger partial charge in [0.15, 0.2) is 9.84 Å². The minimum atomic E-state index is -3.34. The Hall–Kier alpha value is -2.35. The predicted octanol–water partition coefficient (Wildman–Crippen LogP) is 1.93. The van der Waals surface area contributed by atoms with Crippen molar-refractivity contribution in [2.24, 2.45) is 5.92 Å². The third kappa shape index (κ3) is 3.92. The lowest BCUT2D eigenvalue weighted by Gasteiger charge is -2.21. The highest BCUT2D eigenvalue weighted by molar-refractivity contribution is 7.92.